The lowest BCUT2D eigenvalue weighted by atomic mass is 10.2. The van der Waals surface area contributed by atoms with E-state index in [2.05, 4.69) is 15.5 Å². The molecule has 1 aliphatic heterocycles. The van der Waals surface area contributed by atoms with Crippen LogP contribution < -0.4 is 5.32 Å². The lowest BCUT2D eigenvalue weighted by Gasteiger charge is -2.33. The van der Waals surface area contributed by atoms with E-state index in [1.165, 1.54) is 6.92 Å². The maximum Gasteiger partial charge on any atom is 0.340 e. The standard InChI is InChI=1S/C20H23N5O4/c1-3-29-20(28)15-6-4-5-7-16(15)21-18-9-8-17(22-23-18)19(27)25-12-10-24(11-13-25)14(2)26/h4-9H,3,10-13H2,1-2H3,(H,21,23). The van der Waals surface area contributed by atoms with Crippen molar-refractivity contribution in [3.63, 3.8) is 0 Å². The second kappa shape index (κ2) is 9.13. The summed E-state index contributed by atoms with van der Waals surface area (Å²) in [5.41, 5.74) is 1.16. The van der Waals surface area contributed by atoms with Gasteiger partial charge >= 0.3 is 5.97 Å². The Hall–Kier alpha value is -3.49. The van der Waals surface area contributed by atoms with Gasteiger partial charge in [-0.15, -0.1) is 10.2 Å². The summed E-state index contributed by atoms with van der Waals surface area (Å²) in [6, 6.07) is 10.2. The lowest BCUT2D eigenvalue weighted by Crippen LogP contribution is -2.50. The van der Waals surface area contributed by atoms with Crippen LogP contribution in [0.3, 0.4) is 0 Å². The van der Waals surface area contributed by atoms with Crippen molar-refractivity contribution < 1.29 is 19.1 Å². The Morgan fingerprint density at radius 2 is 1.69 bits per heavy atom. The zero-order chi connectivity index (χ0) is 20.8. The van der Waals surface area contributed by atoms with Crippen LogP contribution in [0.15, 0.2) is 36.4 Å². The van der Waals surface area contributed by atoms with E-state index in [0.29, 0.717) is 43.2 Å². The molecule has 2 amide bonds. The van der Waals surface area contributed by atoms with Crippen molar-refractivity contribution in [2.45, 2.75) is 13.8 Å². The van der Waals surface area contributed by atoms with Crippen LogP contribution in [0.25, 0.3) is 0 Å². The number of nitrogens with one attached hydrogen (secondary N) is 1. The molecular formula is C20H23N5O4. The summed E-state index contributed by atoms with van der Waals surface area (Å²) in [6.45, 7) is 5.51. The van der Waals surface area contributed by atoms with Crippen LogP contribution in [-0.2, 0) is 9.53 Å². The molecule has 0 radical (unpaired) electrons. The molecule has 1 saturated heterocycles. The number of rotatable bonds is 5. The van der Waals surface area contributed by atoms with Gasteiger partial charge < -0.3 is 19.9 Å². The largest absolute Gasteiger partial charge is 0.462 e. The molecule has 1 aromatic heterocycles. The van der Waals surface area contributed by atoms with Gasteiger partial charge in [0.2, 0.25) is 5.91 Å². The summed E-state index contributed by atoms with van der Waals surface area (Å²) in [5.74, 6) is -0.241. The van der Waals surface area contributed by atoms with Crippen LogP contribution in [0.5, 0.6) is 0 Å². The van der Waals surface area contributed by atoms with E-state index < -0.39 is 5.97 Å². The maximum atomic E-state index is 12.6. The fourth-order valence-electron chi connectivity index (χ4n) is 3.02. The van der Waals surface area contributed by atoms with Crippen molar-refractivity contribution in [3.8, 4) is 0 Å². The molecule has 0 atom stereocenters. The molecule has 1 N–H and O–H groups in total. The smallest absolute Gasteiger partial charge is 0.340 e. The summed E-state index contributed by atoms with van der Waals surface area (Å²) in [7, 11) is 0. The molecule has 1 aliphatic rings. The first-order chi connectivity index (χ1) is 14.0. The fourth-order valence-corrected chi connectivity index (χ4v) is 3.02. The van der Waals surface area contributed by atoms with Crippen LogP contribution in [0.1, 0.15) is 34.7 Å². The molecule has 0 saturated carbocycles. The average molecular weight is 397 g/mol. The predicted molar refractivity (Wildman–Crippen MR) is 106 cm³/mol. The van der Waals surface area contributed by atoms with Gasteiger partial charge in [0, 0.05) is 33.1 Å². The number of carbonyl (C=O) groups is 3. The highest BCUT2D eigenvalue weighted by Crippen LogP contribution is 2.20. The second-order valence-corrected chi connectivity index (χ2v) is 6.49. The Labute approximate surface area is 168 Å². The van der Waals surface area contributed by atoms with Gasteiger partial charge in [0.15, 0.2) is 11.5 Å². The number of amides is 2. The minimum absolute atomic E-state index is 0.00965. The minimum atomic E-state index is -0.430. The molecule has 29 heavy (non-hydrogen) atoms. The predicted octanol–water partition coefficient (Wildman–Crippen LogP) is 1.70. The number of aromatic nitrogens is 2. The van der Waals surface area contributed by atoms with E-state index >= 15 is 0 Å². The summed E-state index contributed by atoms with van der Waals surface area (Å²) >= 11 is 0. The van der Waals surface area contributed by atoms with Crippen LogP contribution in [0.4, 0.5) is 11.5 Å². The van der Waals surface area contributed by atoms with Gasteiger partial charge in [-0.1, -0.05) is 12.1 Å². The van der Waals surface area contributed by atoms with Crippen LogP contribution in [0.2, 0.25) is 0 Å². The van der Waals surface area contributed by atoms with Gasteiger partial charge in [-0.2, -0.15) is 0 Å². The zero-order valence-electron chi connectivity index (χ0n) is 16.4. The van der Waals surface area contributed by atoms with Gasteiger partial charge in [0.25, 0.3) is 5.91 Å². The number of hydrogen-bond acceptors (Lipinski definition) is 7. The van der Waals surface area contributed by atoms with Gasteiger partial charge in [0.1, 0.15) is 0 Å². The Morgan fingerprint density at radius 1 is 1.00 bits per heavy atom. The molecule has 2 heterocycles. The Morgan fingerprint density at radius 3 is 2.31 bits per heavy atom. The average Bonchev–Trinajstić information content (AvgIpc) is 2.74. The van der Waals surface area contributed by atoms with Crippen molar-refractivity contribution in [2.75, 3.05) is 38.1 Å². The number of carbonyl (C=O) groups excluding carboxylic acids is 3. The van der Waals surface area contributed by atoms with Gasteiger partial charge in [0.05, 0.1) is 17.9 Å². The topological polar surface area (TPSA) is 105 Å². The number of anilines is 2. The number of benzene rings is 1. The Kier molecular flexibility index (Phi) is 6.38. The molecule has 0 spiro atoms. The van der Waals surface area contributed by atoms with Crippen molar-refractivity contribution in [3.05, 3.63) is 47.7 Å². The molecule has 3 rings (SSSR count). The van der Waals surface area contributed by atoms with Crippen molar-refractivity contribution in [1.29, 1.82) is 0 Å². The SMILES string of the molecule is CCOC(=O)c1ccccc1Nc1ccc(C(=O)N2CCN(C(C)=O)CC2)nn1. The monoisotopic (exact) mass is 397 g/mol. The summed E-state index contributed by atoms with van der Waals surface area (Å²) < 4.78 is 5.06. The number of piperazine rings is 1. The van der Waals surface area contributed by atoms with Crippen LogP contribution in [-0.4, -0.2) is 70.6 Å². The van der Waals surface area contributed by atoms with Gasteiger partial charge in [-0.3, -0.25) is 9.59 Å². The van der Waals surface area contributed by atoms with E-state index in [4.69, 9.17) is 4.74 Å². The molecular weight excluding hydrogens is 374 g/mol. The molecule has 9 heteroatoms. The first-order valence-corrected chi connectivity index (χ1v) is 9.41. The third kappa shape index (κ3) is 4.87. The molecule has 2 aromatic rings. The maximum absolute atomic E-state index is 12.6. The Balaban J connectivity index is 1.66. The highest BCUT2D eigenvalue weighted by molar-refractivity contribution is 5.96. The van der Waals surface area contributed by atoms with Crippen molar-refractivity contribution in [1.82, 2.24) is 20.0 Å². The van der Waals surface area contributed by atoms with Gasteiger partial charge in [-0.05, 0) is 31.2 Å². The molecule has 1 aromatic carbocycles. The number of hydrogen-bond donors (Lipinski definition) is 1. The first-order valence-electron chi connectivity index (χ1n) is 9.41. The second-order valence-electron chi connectivity index (χ2n) is 6.49. The van der Waals surface area contributed by atoms with E-state index in [1.807, 2.05) is 0 Å². The third-order valence-corrected chi connectivity index (χ3v) is 4.58. The summed E-state index contributed by atoms with van der Waals surface area (Å²) in [6.07, 6.45) is 0. The molecule has 152 valence electrons. The highest BCUT2D eigenvalue weighted by Gasteiger charge is 2.24. The summed E-state index contributed by atoms with van der Waals surface area (Å²) in [4.78, 5) is 39.4. The number of ether oxygens (including phenoxy) is 1. The molecule has 9 nitrogen and oxygen atoms in total. The van der Waals surface area contributed by atoms with E-state index in [0.717, 1.165) is 0 Å². The number of nitrogens with zero attached hydrogens (tertiary/aromatic N) is 4. The Bertz CT molecular complexity index is 892. The zero-order valence-corrected chi connectivity index (χ0v) is 16.4. The van der Waals surface area contributed by atoms with E-state index in [-0.39, 0.29) is 24.1 Å². The van der Waals surface area contributed by atoms with Crippen LogP contribution in [0, 0.1) is 0 Å². The van der Waals surface area contributed by atoms with Crippen molar-refractivity contribution in [2.24, 2.45) is 0 Å². The number of esters is 1. The van der Waals surface area contributed by atoms with Gasteiger partial charge in [-0.25, -0.2) is 4.79 Å². The lowest BCUT2D eigenvalue weighted by molar-refractivity contribution is -0.130. The van der Waals surface area contributed by atoms with E-state index in [1.54, 1.807) is 53.1 Å². The first kappa shape index (κ1) is 20.2. The minimum Gasteiger partial charge on any atom is -0.462 e. The van der Waals surface area contributed by atoms with Crippen molar-refractivity contribution >= 4 is 29.3 Å². The normalized spacial score (nSPS) is 13.7. The molecule has 0 bridgehead atoms. The summed E-state index contributed by atoms with van der Waals surface area (Å²) in [5, 5.41) is 11.1. The van der Waals surface area contributed by atoms with E-state index in [9.17, 15) is 14.4 Å². The van der Waals surface area contributed by atoms with Crippen LogP contribution >= 0.6 is 0 Å². The molecule has 1 fully saturated rings. The number of para-hydroxylation sites is 1. The third-order valence-electron chi connectivity index (χ3n) is 4.58. The molecule has 0 unspecified atom stereocenters. The molecule has 0 aliphatic carbocycles. The fraction of sp³-hybridized carbons (Fsp3) is 0.350. The highest BCUT2D eigenvalue weighted by atomic mass is 16.5. The quantitative estimate of drug-likeness (QED) is 0.766.